The highest BCUT2D eigenvalue weighted by Gasteiger charge is 2.06. The van der Waals surface area contributed by atoms with Gasteiger partial charge < -0.3 is 9.30 Å². The molecule has 2 rings (SSSR count). The highest BCUT2D eigenvalue weighted by atomic mass is 79.9. The molecular weight excluding hydrogens is 256 g/mol. The van der Waals surface area contributed by atoms with Gasteiger partial charge in [0, 0.05) is 12.6 Å². The van der Waals surface area contributed by atoms with Gasteiger partial charge in [0.15, 0.2) is 4.73 Å². The van der Waals surface area contributed by atoms with E-state index in [1.807, 2.05) is 42.1 Å². The summed E-state index contributed by atoms with van der Waals surface area (Å²) in [6, 6.07) is 7.92. The summed E-state index contributed by atoms with van der Waals surface area (Å²) >= 11 is 3.37. The second kappa shape index (κ2) is 4.06. The minimum Gasteiger partial charge on any atom is -0.497 e. The third kappa shape index (κ3) is 1.90. The summed E-state index contributed by atoms with van der Waals surface area (Å²) in [6.07, 6.45) is 1.83. The van der Waals surface area contributed by atoms with Crippen LogP contribution >= 0.6 is 15.9 Å². The zero-order valence-corrected chi connectivity index (χ0v) is 10.2. The lowest BCUT2D eigenvalue weighted by Gasteiger charge is -2.05. The van der Waals surface area contributed by atoms with Crippen molar-refractivity contribution in [1.29, 1.82) is 0 Å². The highest BCUT2D eigenvalue weighted by molar-refractivity contribution is 9.10. The molecule has 0 aliphatic rings. The van der Waals surface area contributed by atoms with Crippen LogP contribution in [0.25, 0.3) is 11.3 Å². The van der Waals surface area contributed by atoms with Crippen LogP contribution in [0.3, 0.4) is 0 Å². The Balaban J connectivity index is 2.49. The molecule has 0 atom stereocenters. The largest absolute Gasteiger partial charge is 0.497 e. The number of halogens is 1. The van der Waals surface area contributed by atoms with Crippen molar-refractivity contribution in [3.05, 3.63) is 35.2 Å². The van der Waals surface area contributed by atoms with Gasteiger partial charge in [0.1, 0.15) is 5.75 Å². The fourth-order valence-electron chi connectivity index (χ4n) is 1.44. The number of benzene rings is 1. The molecule has 0 N–H and O–H groups in total. The van der Waals surface area contributed by atoms with Crippen molar-refractivity contribution in [3.8, 4) is 17.0 Å². The van der Waals surface area contributed by atoms with Crippen molar-refractivity contribution in [2.45, 2.75) is 0 Å². The van der Waals surface area contributed by atoms with E-state index in [2.05, 4.69) is 20.9 Å². The summed E-state index contributed by atoms with van der Waals surface area (Å²) < 4.78 is 7.98. The van der Waals surface area contributed by atoms with E-state index in [1.165, 1.54) is 0 Å². The molecule has 2 aromatic rings. The molecule has 4 heteroatoms. The minimum absolute atomic E-state index is 0.820. The van der Waals surface area contributed by atoms with Crippen LogP contribution in [-0.4, -0.2) is 16.7 Å². The summed E-state index contributed by atoms with van der Waals surface area (Å²) in [6.45, 7) is 0. The van der Waals surface area contributed by atoms with Crippen LogP contribution in [0.1, 0.15) is 0 Å². The Kier molecular flexibility index (Phi) is 2.77. The normalized spacial score (nSPS) is 10.3. The van der Waals surface area contributed by atoms with Crippen molar-refractivity contribution in [2.24, 2.45) is 7.05 Å². The highest BCUT2D eigenvalue weighted by Crippen LogP contribution is 2.25. The number of rotatable bonds is 2. The summed E-state index contributed by atoms with van der Waals surface area (Å²) in [5, 5.41) is 0. The summed E-state index contributed by atoms with van der Waals surface area (Å²) in [4.78, 5) is 4.19. The van der Waals surface area contributed by atoms with Gasteiger partial charge in [-0.05, 0) is 28.1 Å². The average Bonchev–Trinajstić information content (AvgIpc) is 2.60. The smallest absolute Gasteiger partial charge is 0.177 e. The first-order valence-corrected chi connectivity index (χ1v) is 5.33. The lowest BCUT2D eigenvalue weighted by molar-refractivity contribution is 0.415. The SMILES string of the molecule is COc1cccc(-c2cnc(Br)n2C)c1. The van der Waals surface area contributed by atoms with Crippen molar-refractivity contribution < 1.29 is 4.74 Å². The summed E-state index contributed by atoms with van der Waals surface area (Å²) in [7, 11) is 3.63. The van der Waals surface area contributed by atoms with Crippen LogP contribution in [0.4, 0.5) is 0 Å². The number of aromatic nitrogens is 2. The van der Waals surface area contributed by atoms with Gasteiger partial charge in [0.25, 0.3) is 0 Å². The number of nitrogens with zero attached hydrogens (tertiary/aromatic N) is 2. The zero-order valence-electron chi connectivity index (χ0n) is 8.57. The zero-order chi connectivity index (χ0) is 10.8. The molecule has 1 heterocycles. The monoisotopic (exact) mass is 266 g/mol. The maximum absolute atomic E-state index is 5.18. The predicted molar refractivity (Wildman–Crippen MR) is 62.9 cm³/mol. The van der Waals surface area contributed by atoms with E-state index < -0.39 is 0 Å². The van der Waals surface area contributed by atoms with Crippen LogP contribution in [0.2, 0.25) is 0 Å². The molecule has 3 nitrogen and oxygen atoms in total. The van der Waals surface area contributed by atoms with Gasteiger partial charge in [0.05, 0.1) is 19.0 Å². The molecular formula is C11H11BrN2O. The van der Waals surface area contributed by atoms with E-state index in [4.69, 9.17) is 4.74 Å². The van der Waals surface area contributed by atoms with Gasteiger partial charge in [-0.2, -0.15) is 0 Å². The molecule has 0 saturated heterocycles. The number of methoxy groups -OCH3 is 1. The van der Waals surface area contributed by atoms with E-state index >= 15 is 0 Å². The third-order valence-electron chi connectivity index (χ3n) is 2.30. The van der Waals surface area contributed by atoms with Crippen molar-refractivity contribution >= 4 is 15.9 Å². The number of ether oxygens (including phenoxy) is 1. The molecule has 15 heavy (non-hydrogen) atoms. The molecule has 0 aliphatic carbocycles. The molecule has 1 aromatic heterocycles. The van der Waals surface area contributed by atoms with E-state index in [-0.39, 0.29) is 0 Å². The molecule has 0 amide bonds. The van der Waals surface area contributed by atoms with Gasteiger partial charge in [-0.3, -0.25) is 0 Å². The van der Waals surface area contributed by atoms with Gasteiger partial charge in [-0.1, -0.05) is 12.1 Å². The lowest BCUT2D eigenvalue weighted by Crippen LogP contribution is -1.92. The second-order valence-corrected chi connectivity index (χ2v) is 3.91. The van der Waals surface area contributed by atoms with E-state index in [0.717, 1.165) is 21.7 Å². The summed E-state index contributed by atoms with van der Waals surface area (Å²) in [5.74, 6) is 0.852. The molecule has 0 unspecified atom stereocenters. The fraction of sp³-hybridized carbons (Fsp3) is 0.182. The van der Waals surface area contributed by atoms with Crippen molar-refractivity contribution in [1.82, 2.24) is 9.55 Å². The topological polar surface area (TPSA) is 27.1 Å². The lowest BCUT2D eigenvalue weighted by atomic mass is 10.1. The molecule has 0 fully saturated rings. The first-order chi connectivity index (χ1) is 7.22. The summed E-state index contributed by atoms with van der Waals surface area (Å²) in [5.41, 5.74) is 2.15. The Morgan fingerprint density at radius 1 is 1.40 bits per heavy atom. The predicted octanol–water partition coefficient (Wildman–Crippen LogP) is 2.86. The molecule has 0 aliphatic heterocycles. The quantitative estimate of drug-likeness (QED) is 0.836. The Morgan fingerprint density at radius 3 is 2.80 bits per heavy atom. The molecule has 1 aromatic carbocycles. The number of hydrogen-bond acceptors (Lipinski definition) is 2. The van der Waals surface area contributed by atoms with Crippen LogP contribution < -0.4 is 4.74 Å². The van der Waals surface area contributed by atoms with Crippen molar-refractivity contribution in [2.75, 3.05) is 7.11 Å². The van der Waals surface area contributed by atoms with Crippen LogP contribution in [-0.2, 0) is 7.05 Å². The second-order valence-electron chi connectivity index (χ2n) is 3.20. The Hall–Kier alpha value is -1.29. The average molecular weight is 267 g/mol. The van der Waals surface area contributed by atoms with Gasteiger partial charge >= 0.3 is 0 Å². The van der Waals surface area contributed by atoms with E-state index in [0.29, 0.717) is 0 Å². The first kappa shape index (κ1) is 10.2. The number of hydrogen-bond donors (Lipinski definition) is 0. The first-order valence-electron chi connectivity index (χ1n) is 4.54. The Bertz CT molecular complexity index is 479. The molecule has 0 bridgehead atoms. The van der Waals surface area contributed by atoms with E-state index in [1.54, 1.807) is 7.11 Å². The molecule has 0 spiro atoms. The molecule has 0 radical (unpaired) electrons. The fourth-order valence-corrected chi connectivity index (χ4v) is 1.73. The maximum atomic E-state index is 5.18. The number of imidazole rings is 1. The van der Waals surface area contributed by atoms with E-state index in [9.17, 15) is 0 Å². The maximum Gasteiger partial charge on any atom is 0.177 e. The van der Waals surface area contributed by atoms with Crippen LogP contribution in [0.15, 0.2) is 35.2 Å². The van der Waals surface area contributed by atoms with Crippen LogP contribution in [0, 0.1) is 0 Å². The standard InChI is InChI=1S/C11H11BrN2O/c1-14-10(7-13-11(14)12)8-4-3-5-9(6-8)15-2/h3-7H,1-2H3. The van der Waals surface area contributed by atoms with Crippen molar-refractivity contribution in [3.63, 3.8) is 0 Å². The minimum atomic E-state index is 0.820. The molecule has 78 valence electrons. The Labute approximate surface area is 96.8 Å². The van der Waals surface area contributed by atoms with Crippen LogP contribution in [0.5, 0.6) is 5.75 Å². The van der Waals surface area contributed by atoms with Gasteiger partial charge in [-0.15, -0.1) is 0 Å². The van der Waals surface area contributed by atoms with Gasteiger partial charge in [-0.25, -0.2) is 4.98 Å². The molecule has 0 saturated carbocycles. The third-order valence-corrected chi connectivity index (χ3v) is 3.03. The van der Waals surface area contributed by atoms with Gasteiger partial charge in [0.2, 0.25) is 0 Å². The Morgan fingerprint density at radius 2 is 2.20 bits per heavy atom.